The first-order valence-electron chi connectivity index (χ1n) is 4.69. The van der Waals surface area contributed by atoms with E-state index in [1.807, 2.05) is 0 Å². The fourth-order valence-corrected chi connectivity index (χ4v) is 1.03. The molecule has 0 bridgehead atoms. The zero-order chi connectivity index (χ0) is 11.1. The molecular weight excluding hydrogens is 200 g/mol. The predicted molar refractivity (Wildman–Crippen MR) is 51.6 cm³/mol. The first kappa shape index (κ1) is 11.6. The molecule has 0 saturated heterocycles. The Balaban J connectivity index is 2.23. The molecular formula is C8H14N4O3. The molecule has 0 fully saturated rings. The van der Waals surface area contributed by atoms with Crippen LogP contribution in [0.1, 0.15) is 16.9 Å². The van der Waals surface area contributed by atoms with Gasteiger partial charge in [0.2, 0.25) is 0 Å². The highest BCUT2D eigenvalue weighted by molar-refractivity contribution is 5.84. The van der Waals surface area contributed by atoms with Gasteiger partial charge in [-0.2, -0.15) is 0 Å². The van der Waals surface area contributed by atoms with Crippen LogP contribution in [0.15, 0.2) is 6.20 Å². The maximum Gasteiger partial charge on any atom is 0.358 e. The minimum Gasteiger partial charge on any atom is -0.476 e. The van der Waals surface area contributed by atoms with Crippen LogP contribution in [-0.4, -0.2) is 50.9 Å². The molecule has 0 saturated carbocycles. The molecule has 0 aliphatic carbocycles. The van der Waals surface area contributed by atoms with E-state index in [9.17, 15) is 4.79 Å². The Hall–Kier alpha value is -1.47. The Morgan fingerprint density at radius 2 is 2.33 bits per heavy atom. The molecule has 0 amide bonds. The van der Waals surface area contributed by atoms with Crippen molar-refractivity contribution in [2.45, 2.75) is 13.0 Å². The number of aromatic carboxylic acids is 1. The van der Waals surface area contributed by atoms with E-state index in [1.165, 1.54) is 10.9 Å². The summed E-state index contributed by atoms with van der Waals surface area (Å²) in [5.74, 6) is -1.07. The van der Waals surface area contributed by atoms with Crippen molar-refractivity contribution in [2.75, 3.05) is 19.7 Å². The van der Waals surface area contributed by atoms with Gasteiger partial charge in [0.05, 0.1) is 12.7 Å². The van der Waals surface area contributed by atoms with E-state index in [0.29, 0.717) is 19.5 Å². The topological polar surface area (TPSA) is 100 Å². The van der Waals surface area contributed by atoms with Crippen LogP contribution in [0.25, 0.3) is 0 Å². The van der Waals surface area contributed by atoms with Gasteiger partial charge in [-0.3, -0.25) is 4.68 Å². The van der Waals surface area contributed by atoms with Crippen molar-refractivity contribution in [1.82, 2.24) is 20.3 Å². The molecule has 1 aromatic heterocycles. The lowest BCUT2D eigenvalue weighted by Gasteiger charge is -2.02. The number of carboxylic acid groups (broad SMARTS) is 1. The average Bonchev–Trinajstić information content (AvgIpc) is 2.66. The van der Waals surface area contributed by atoms with Crippen LogP contribution in [0.3, 0.4) is 0 Å². The van der Waals surface area contributed by atoms with Gasteiger partial charge in [0.15, 0.2) is 5.69 Å². The summed E-state index contributed by atoms with van der Waals surface area (Å²) < 4.78 is 1.47. The fraction of sp³-hybridized carbons (Fsp3) is 0.625. The maximum absolute atomic E-state index is 10.5. The molecule has 7 nitrogen and oxygen atoms in total. The molecule has 0 aliphatic heterocycles. The summed E-state index contributed by atoms with van der Waals surface area (Å²) in [6, 6.07) is 0. The smallest absolute Gasteiger partial charge is 0.358 e. The van der Waals surface area contributed by atoms with E-state index in [-0.39, 0.29) is 12.3 Å². The minimum atomic E-state index is -1.07. The highest BCUT2D eigenvalue weighted by Crippen LogP contribution is 1.91. The molecule has 1 rings (SSSR count). The van der Waals surface area contributed by atoms with Crippen molar-refractivity contribution in [3.05, 3.63) is 11.9 Å². The fourth-order valence-electron chi connectivity index (χ4n) is 1.03. The number of aliphatic hydroxyl groups excluding tert-OH is 1. The number of nitrogens with one attached hydrogen (secondary N) is 1. The Morgan fingerprint density at radius 3 is 2.93 bits per heavy atom. The number of nitrogens with zero attached hydrogens (tertiary/aromatic N) is 3. The number of carbonyl (C=O) groups is 1. The number of hydrogen-bond donors (Lipinski definition) is 3. The second kappa shape index (κ2) is 6.10. The first-order chi connectivity index (χ1) is 7.24. The van der Waals surface area contributed by atoms with Crippen molar-refractivity contribution in [3.63, 3.8) is 0 Å². The third-order valence-electron chi connectivity index (χ3n) is 1.79. The predicted octanol–water partition coefficient (Wildman–Crippen LogP) is -1.05. The second-order valence-corrected chi connectivity index (χ2v) is 3.00. The van der Waals surface area contributed by atoms with Gasteiger partial charge in [-0.15, -0.1) is 5.10 Å². The largest absolute Gasteiger partial charge is 0.476 e. The zero-order valence-electron chi connectivity index (χ0n) is 8.26. The van der Waals surface area contributed by atoms with Gasteiger partial charge < -0.3 is 15.5 Å². The minimum absolute atomic E-state index is 0.0506. The summed E-state index contributed by atoms with van der Waals surface area (Å²) in [4.78, 5) is 10.5. The summed E-state index contributed by atoms with van der Waals surface area (Å²) in [6.45, 7) is 2.13. The molecule has 1 heterocycles. The van der Waals surface area contributed by atoms with Gasteiger partial charge in [-0.1, -0.05) is 5.21 Å². The number of hydrogen-bond acceptors (Lipinski definition) is 5. The summed E-state index contributed by atoms with van der Waals surface area (Å²) in [5, 5.41) is 27.3. The number of aromatic nitrogens is 3. The van der Waals surface area contributed by atoms with Crippen LogP contribution in [0.5, 0.6) is 0 Å². The van der Waals surface area contributed by atoms with Crippen molar-refractivity contribution in [3.8, 4) is 0 Å². The average molecular weight is 214 g/mol. The summed E-state index contributed by atoms with van der Waals surface area (Å²) in [7, 11) is 0. The molecule has 7 heteroatoms. The Labute approximate surface area is 86.7 Å². The van der Waals surface area contributed by atoms with Gasteiger partial charge in [0.1, 0.15) is 0 Å². The van der Waals surface area contributed by atoms with Crippen molar-refractivity contribution >= 4 is 5.97 Å². The van der Waals surface area contributed by atoms with E-state index in [1.54, 1.807) is 0 Å². The van der Waals surface area contributed by atoms with Gasteiger partial charge in [0, 0.05) is 13.2 Å². The van der Waals surface area contributed by atoms with Crippen molar-refractivity contribution in [1.29, 1.82) is 0 Å². The lowest BCUT2D eigenvalue weighted by atomic mass is 10.4. The quantitative estimate of drug-likeness (QED) is 0.501. The van der Waals surface area contributed by atoms with Gasteiger partial charge in [-0.25, -0.2) is 4.79 Å². The van der Waals surface area contributed by atoms with Gasteiger partial charge in [0.25, 0.3) is 0 Å². The molecule has 0 atom stereocenters. The molecule has 0 radical (unpaired) electrons. The molecule has 0 aromatic carbocycles. The highest BCUT2D eigenvalue weighted by atomic mass is 16.4. The van der Waals surface area contributed by atoms with E-state index < -0.39 is 5.97 Å². The summed E-state index contributed by atoms with van der Waals surface area (Å²) >= 11 is 0. The standard InChI is InChI=1S/C8H14N4O3/c13-5-1-2-9-3-4-12-6-7(8(14)15)10-11-12/h6,9,13H,1-5H2,(H,14,15). The Morgan fingerprint density at radius 1 is 1.53 bits per heavy atom. The molecule has 15 heavy (non-hydrogen) atoms. The third kappa shape index (κ3) is 4.05. The molecule has 0 spiro atoms. The number of rotatable bonds is 7. The molecule has 0 aliphatic rings. The molecule has 0 unspecified atom stereocenters. The molecule has 1 aromatic rings. The second-order valence-electron chi connectivity index (χ2n) is 3.00. The van der Waals surface area contributed by atoms with Crippen molar-refractivity contribution < 1.29 is 15.0 Å². The van der Waals surface area contributed by atoms with Gasteiger partial charge >= 0.3 is 5.97 Å². The van der Waals surface area contributed by atoms with E-state index in [0.717, 1.165) is 6.54 Å². The molecule has 84 valence electrons. The van der Waals surface area contributed by atoms with Crippen LogP contribution in [0.2, 0.25) is 0 Å². The lowest BCUT2D eigenvalue weighted by molar-refractivity contribution is 0.0690. The number of carboxylic acids is 1. The third-order valence-corrected chi connectivity index (χ3v) is 1.79. The summed E-state index contributed by atoms with van der Waals surface area (Å²) in [6.07, 6.45) is 2.09. The Bertz CT molecular complexity index is 313. The van der Waals surface area contributed by atoms with Crippen molar-refractivity contribution in [2.24, 2.45) is 0 Å². The lowest BCUT2D eigenvalue weighted by Crippen LogP contribution is -2.21. The first-order valence-corrected chi connectivity index (χ1v) is 4.69. The summed E-state index contributed by atoms with van der Waals surface area (Å²) in [5.41, 5.74) is -0.0506. The normalized spacial score (nSPS) is 10.5. The SMILES string of the molecule is O=C(O)c1cn(CCNCCCO)nn1. The van der Waals surface area contributed by atoms with Gasteiger partial charge in [-0.05, 0) is 13.0 Å². The van der Waals surface area contributed by atoms with E-state index >= 15 is 0 Å². The highest BCUT2D eigenvalue weighted by Gasteiger charge is 2.07. The van der Waals surface area contributed by atoms with Crippen LogP contribution < -0.4 is 5.32 Å². The van der Waals surface area contributed by atoms with Crippen LogP contribution in [0.4, 0.5) is 0 Å². The van der Waals surface area contributed by atoms with E-state index in [4.69, 9.17) is 10.2 Å². The molecule has 3 N–H and O–H groups in total. The Kier molecular flexibility index (Phi) is 4.72. The van der Waals surface area contributed by atoms with Crippen LogP contribution in [0, 0.1) is 0 Å². The number of aliphatic hydroxyl groups is 1. The van der Waals surface area contributed by atoms with Crippen LogP contribution in [-0.2, 0) is 6.54 Å². The zero-order valence-corrected chi connectivity index (χ0v) is 8.26. The maximum atomic E-state index is 10.5. The van der Waals surface area contributed by atoms with E-state index in [2.05, 4.69) is 15.6 Å². The van der Waals surface area contributed by atoms with Crippen LogP contribution >= 0.6 is 0 Å². The monoisotopic (exact) mass is 214 g/mol.